The van der Waals surface area contributed by atoms with Crippen LogP contribution in [0, 0.1) is 0 Å². The van der Waals surface area contributed by atoms with E-state index in [0.29, 0.717) is 0 Å². The van der Waals surface area contributed by atoms with Gasteiger partial charge in [0, 0.05) is 51.0 Å². The molecule has 2 aromatic rings. The number of piperazine rings is 1. The van der Waals surface area contributed by atoms with E-state index in [1.807, 2.05) is 30.5 Å². The van der Waals surface area contributed by atoms with Crippen molar-refractivity contribution in [2.24, 2.45) is 0 Å². The molecule has 0 atom stereocenters. The van der Waals surface area contributed by atoms with Crippen LogP contribution in [0.25, 0.3) is 0 Å². The Morgan fingerprint density at radius 3 is 2.52 bits per heavy atom. The lowest BCUT2D eigenvalue weighted by molar-refractivity contribution is 0.259. The molecule has 0 spiro atoms. The first-order valence-electron chi connectivity index (χ1n) is 7.40. The van der Waals surface area contributed by atoms with Crippen molar-refractivity contribution in [2.75, 3.05) is 43.4 Å². The van der Waals surface area contributed by atoms with Crippen molar-refractivity contribution in [3.8, 4) is 0 Å². The van der Waals surface area contributed by atoms with Gasteiger partial charge in [0.1, 0.15) is 5.82 Å². The number of nitrogens with zero attached hydrogens (tertiary/aromatic N) is 4. The lowest BCUT2D eigenvalue weighted by Crippen LogP contribution is -2.47. The standard InChI is InChI=1S/C16H21N5/c17-14-4-5-15(19-13-14)6-8-20-9-11-21(12-10-20)16-3-1-2-7-18-16/h1-5,7,13H,6,8-12,17H2. The number of nitrogens with two attached hydrogens (primary N) is 1. The molecule has 1 aliphatic heterocycles. The van der Waals surface area contributed by atoms with Crippen LogP contribution < -0.4 is 10.6 Å². The summed E-state index contributed by atoms with van der Waals surface area (Å²) in [4.78, 5) is 13.6. The van der Waals surface area contributed by atoms with Crippen LogP contribution in [0.1, 0.15) is 5.69 Å². The molecule has 5 heteroatoms. The Balaban J connectivity index is 1.47. The molecule has 0 bridgehead atoms. The molecular weight excluding hydrogens is 262 g/mol. The second-order valence-electron chi connectivity index (χ2n) is 5.35. The maximum Gasteiger partial charge on any atom is 0.128 e. The lowest BCUT2D eigenvalue weighted by atomic mass is 10.2. The topological polar surface area (TPSA) is 58.3 Å². The summed E-state index contributed by atoms with van der Waals surface area (Å²) in [5.74, 6) is 1.08. The molecule has 1 fully saturated rings. The van der Waals surface area contributed by atoms with Gasteiger partial charge in [-0.15, -0.1) is 0 Å². The van der Waals surface area contributed by atoms with Crippen molar-refractivity contribution in [3.05, 3.63) is 48.4 Å². The van der Waals surface area contributed by atoms with Crippen LogP contribution in [0.15, 0.2) is 42.7 Å². The number of rotatable bonds is 4. The molecule has 0 radical (unpaired) electrons. The van der Waals surface area contributed by atoms with E-state index < -0.39 is 0 Å². The molecule has 0 saturated carbocycles. The van der Waals surface area contributed by atoms with E-state index in [9.17, 15) is 0 Å². The summed E-state index contributed by atoms with van der Waals surface area (Å²) in [6.45, 7) is 5.27. The normalized spacial score (nSPS) is 16.1. The molecule has 3 heterocycles. The Labute approximate surface area is 125 Å². The van der Waals surface area contributed by atoms with Gasteiger partial charge in [-0.05, 0) is 24.3 Å². The Morgan fingerprint density at radius 1 is 1.00 bits per heavy atom. The third-order valence-electron chi connectivity index (χ3n) is 3.88. The first-order chi connectivity index (χ1) is 10.3. The van der Waals surface area contributed by atoms with E-state index in [1.165, 1.54) is 0 Å². The van der Waals surface area contributed by atoms with Gasteiger partial charge in [-0.1, -0.05) is 6.07 Å². The Bertz CT molecular complexity index is 547. The average Bonchev–Trinajstić information content (AvgIpc) is 2.56. The Morgan fingerprint density at radius 2 is 1.86 bits per heavy atom. The van der Waals surface area contributed by atoms with Crippen LogP contribution in [-0.2, 0) is 6.42 Å². The number of aromatic nitrogens is 2. The van der Waals surface area contributed by atoms with E-state index in [1.54, 1.807) is 6.20 Å². The van der Waals surface area contributed by atoms with Gasteiger partial charge in [0.05, 0.1) is 11.9 Å². The smallest absolute Gasteiger partial charge is 0.128 e. The molecule has 0 aliphatic carbocycles. The predicted molar refractivity (Wildman–Crippen MR) is 85.2 cm³/mol. The van der Waals surface area contributed by atoms with E-state index in [-0.39, 0.29) is 0 Å². The molecule has 0 amide bonds. The van der Waals surface area contributed by atoms with Crippen molar-refractivity contribution in [1.29, 1.82) is 0 Å². The monoisotopic (exact) mass is 283 g/mol. The molecule has 0 unspecified atom stereocenters. The highest BCUT2D eigenvalue weighted by atomic mass is 15.3. The third-order valence-corrected chi connectivity index (χ3v) is 3.88. The highest BCUT2D eigenvalue weighted by Gasteiger charge is 2.17. The SMILES string of the molecule is Nc1ccc(CCN2CCN(c3ccccn3)CC2)nc1. The summed E-state index contributed by atoms with van der Waals surface area (Å²) < 4.78 is 0. The minimum absolute atomic E-state index is 0.725. The molecule has 21 heavy (non-hydrogen) atoms. The molecule has 3 rings (SSSR count). The van der Waals surface area contributed by atoms with Crippen LogP contribution in [0.4, 0.5) is 11.5 Å². The highest BCUT2D eigenvalue weighted by Crippen LogP contribution is 2.12. The van der Waals surface area contributed by atoms with Crippen LogP contribution >= 0.6 is 0 Å². The second-order valence-corrected chi connectivity index (χ2v) is 5.35. The van der Waals surface area contributed by atoms with Gasteiger partial charge in [0.15, 0.2) is 0 Å². The van der Waals surface area contributed by atoms with Gasteiger partial charge in [-0.3, -0.25) is 9.88 Å². The summed E-state index contributed by atoms with van der Waals surface area (Å²) in [5, 5.41) is 0. The Hall–Kier alpha value is -2.14. The predicted octanol–water partition coefficient (Wildman–Crippen LogP) is 1.42. The number of hydrogen-bond donors (Lipinski definition) is 1. The number of anilines is 2. The minimum atomic E-state index is 0.725. The van der Waals surface area contributed by atoms with Gasteiger partial charge in [0.2, 0.25) is 0 Å². The van der Waals surface area contributed by atoms with Gasteiger partial charge in [-0.2, -0.15) is 0 Å². The maximum atomic E-state index is 5.65. The lowest BCUT2D eigenvalue weighted by Gasteiger charge is -2.35. The van der Waals surface area contributed by atoms with E-state index in [2.05, 4.69) is 25.8 Å². The third kappa shape index (κ3) is 3.70. The number of nitrogen functional groups attached to an aromatic ring is 1. The van der Waals surface area contributed by atoms with E-state index in [0.717, 1.165) is 56.3 Å². The first kappa shape index (κ1) is 13.8. The van der Waals surface area contributed by atoms with Crippen molar-refractivity contribution < 1.29 is 0 Å². The highest BCUT2D eigenvalue weighted by molar-refractivity contribution is 5.38. The fourth-order valence-corrected chi connectivity index (χ4v) is 2.60. The molecular formula is C16H21N5. The van der Waals surface area contributed by atoms with Gasteiger partial charge >= 0.3 is 0 Å². The van der Waals surface area contributed by atoms with Crippen molar-refractivity contribution in [3.63, 3.8) is 0 Å². The zero-order valence-corrected chi connectivity index (χ0v) is 12.2. The number of pyridine rings is 2. The summed E-state index contributed by atoms with van der Waals surface area (Å²) in [6, 6.07) is 10.0. The molecule has 1 saturated heterocycles. The molecule has 5 nitrogen and oxygen atoms in total. The molecule has 1 aliphatic rings. The summed E-state index contributed by atoms with van der Waals surface area (Å²) in [7, 11) is 0. The van der Waals surface area contributed by atoms with Gasteiger partial charge in [-0.25, -0.2) is 4.98 Å². The van der Waals surface area contributed by atoms with Gasteiger partial charge < -0.3 is 10.6 Å². The first-order valence-corrected chi connectivity index (χ1v) is 7.40. The van der Waals surface area contributed by atoms with Gasteiger partial charge in [0.25, 0.3) is 0 Å². The van der Waals surface area contributed by atoms with Crippen molar-refractivity contribution in [2.45, 2.75) is 6.42 Å². The fraction of sp³-hybridized carbons (Fsp3) is 0.375. The average molecular weight is 283 g/mol. The van der Waals surface area contributed by atoms with Crippen molar-refractivity contribution in [1.82, 2.24) is 14.9 Å². The fourth-order valence-electron chi connectivity index (χ4n) is 2.60. The number of hydrogen-bond acceptors (Lipinski definition) is 5. The van der Waals surface area contributed by atoms with Crippen LogP contribution in [-0.4, -0.2) is 47.6 Å². The summed E-state index contributed by atoms with van der Waals surface area (Å²) in [6.07, 6.45) is 4.56. The van der Waals surface area contributed by atoms with Crippen molar-refractivity contribution >= 4 is 11.5 Å². The second kappa shape index (κ2) is 6.54. The zero-order chi connectivity index (χ0) is 14.5. The van der Waals surface area contributed by atoms with E-state index >= 15 is 0 Å². The molecule has 2 N–H and O–H groups in total. The molecule has 110 valence electrons. The summed E-state index contributed by atoms with van der Waals surface area (Å²) in [5.41, 5.74) is 7.48. The van der Waals surface area contributed by atoms with Crippen LogP contribution in [0.2, 0.25) is 0 Å². The zero-order valence-electron chi connectivity index (χ0n) is 12.2. The Kier molecular flexibility index (Phi) is 4.31. The summed E-state index contributed by atoms with van der Waals surface area (Å²) >= 11 is 0. The largest absolute Gasteiger partial charge is 0.397 e. The molecule has 0 aromatic carbocycles. The van der Waals surface area contributed by atoms with Crippen LogP contribution in [0.3, 0.4) is 0 Å². The van der Waals surface area contributed by atoms with E-state index in [4.69, 9.17) is 5.73 Å². The molecule has 2 aromatic heterocycles. The van der Waals surface area contributed by atoms with Crippen LogP contribution in [0.5, 0.6) is 0 Å². The minimum Gasteiger partial charge on any atom is -0.397 e. The maximum absolute atomic E-state index is 5.65. The quantitative estimate of drug-likeness (QED) is 0.919.